The maximum atomic E-state index is 12.5. The topological polar surface area (TPSA) is 34.1 Å². The molecule has 0 aliphatic heterocycles. The van der Waals surface area contributed by atoms with Crippen LogP contribution in [0.2, 0.25) is 10.0 Å². The van der Waals surface area contributed by atoms with Crippen molar-refractivity contribution in [3.05, 3.63) is 68.2 Å². The molecule has 0 unspecified atom stereocenters. The summed E-state index contributed by atoms with van der Waals surface area (Å²) >= 11 is 12.2. The molecular formula is C15H8Cl2O2. The van der Waals surface area contributed by atoms with E-state index in [4.69, 9.17) is 23.2 Å². The molecule has 0 bridgehead atoms. The number of hydrogen-bond acceptors (Lipinski definition) is 2. The second-order valence-corrected chi connectivity index (χ2v) is 5.22. The number of aryl methyl sites for hydroxylation is 1. The summed E-state index contributed by atoms with van der Waals surface area (Å²) in [6, 6.07) is 8.24. The maximum absolute atomic E-state index is 12.5. The summed E-state index contributed by atoms with van der Waals surface area (Å²) in [5.41, 5.74) is 1.94. The normalized spacial score (nSPS) is 13.2. The Bertz CT molecular complexity index is 748. The van der Waals surface area contributed by atoms with E-state index in [-0.39, 0.29) is 27.7 Å². The van der Waals surface area contributed by atoms with Crippen molar-refractivity contribution in [1.29, 1.82) is 0 Å². The van der Waals surface area contributed by atoms with Crippen molar-refractivity contribution in [3.63, 3.8) is 0 Å². The lowest BCUT2D eigenvalue weighted by atomic mass is 9.83. The van der Waals surface area contributed by atoms with Gasteiger partial charge in [-0.2, -0.15) is 0 Å². The van der Waals surface area contributed by atoms with Gasteiger partial charge < -0.3 is 0 Å². The van der Waals surface area contributed by atoms with E-state index < -0.39 is 0 Å². The molecule has 0 atom stereocenters. The van der Waals surface area contributed by atoms with Gasteiger partial charge in [0.05, 0.1) is 21.2 Å². The lowest BCUT2D eigenvalue weighted by Crippen LogP contribution is -2.22. The van der Waals surface area contributed by atoms with Crippen LogP contribution in [0.25, 0.3) is 0 Å². The minimum Gasteiger partial charge on any atom is -0.289 e. The third kappa shape index (κ3) is 1.64. The van der Waals surface area contributed by atoms with Crippen LogP contribution in [0, 0.1) is 6.92 Å². The molecule has 0 aromatic heterocycles. The van der Waals surface area contributed by atoms with Crippen LogP contribution in [-0.2, 0) is 0 Å². The van der Waals surface area contributed by atoms with Gasteiger partial charge in [-0.15, -0.1) is 0 Å². The molecule has 0 radical (unpaired) electrons. The molecule has 0 fully saturated rings. The molecule has 1 aliphatic rings. The van der Waals surface area contributed by atoms with Crippen LogP contribution in [0.3, 0.4) is 0 Å². The average molecular weight is 291 g/mol. The van der Waals surface area contributed by atoms with Gasteiger partial charge in [0.25, 0.3) is 0 Å². The molecule has 0 saturated carbocycles. The van der Waals surface area contributed by atoms with Crippen LogP contribution in [0.4, 0.5) is 0 Å². The Kier molecular flexibility index (Phi) is 2.73. The number of ketones is 2. The molecule has 0 amide bonds. The minimum absolute atomic E-state index is 0.214. The second-order valence-electron chi connectivity index (χ2n) is 4.44. The van der Waals surface area contributed by atoms with E-state index in [1.165, 1.54) is 0 Å². The Morgan fingerprint density at radius 2 is 1.53 bits per heavy atom. The number of hydrogen-bond donors (Lipinski definition) is 0. The molecule has 2 nitrogen and oxygen atoms in total. The van der Waals surface area contributed by atoms with Crippen LogP contribution in [0.5, 0.6) is 0 Å². The third-order valence-corrected chi connectivity index (χ3v) is 4.09. The molecule has 2 aromatic rings. The van der Waals surface area contributed by atoms with Crippen LogP contribution >= 0.6 is 23.2 Å². The third-order valence-electron chi connectivity index (χ3n) is 3.29. The first-order valence-electron chi connectivity index (χ1n) is 5.69. The summed E-state index contributed by atoms with van der Waals surface area (Å²) in [6.07, 6.45) is 0. The Hall–Kier alpha value is -1.64. The van der Waals surface area contributed by atoms with Gasteiger partial charge in [-0.25, -0.2) is 0 Å². The SMILES string of the molecule is Cc1ccc2c(c1Cl)C(=O)c1c(Cl)cccc1C2=O. The van der Waals surface area contributed by atoms with Crippen molar-refractivity contribution >= 4 is 34.8 Å². The van der Waals surface area contributed by atoms with Crippen LogP contribution in [-0.4, -0.2) is 11.6 Å². The van der Waals surface area contributed by atoms with Crippen molar-refractivity contribution in [2.24, 2.45) is 0 Å². The molecule has 4 heteroatoms. The monoisotopic (exact) mass is 290 g/mol. The fraction of sp³-hybridized carbons (Fsp3) is 0.0667. The highest BCUT2D eigenvalue weighted by Crippen LogP contribution is 2.36. The Morgan fingerprint density at radius 3 is 2.26 bits per heavy atom. The fourth-order valence-electron chi connectivity index (χ4n) is 2.31. The summed E-state index contributed by atoms with van der Waals surface area (Å²) < 4.78 is 0. The first-order valence-corrected chi connectivity index (χ1v) is 6.45. The van der Waals surface area contributed by atoms with Gasteiger partial charge in [0.1, 0.15) is 0 Å². The second kappa shape index (κ2) is 4.19. The lowest BCUT2D eigenvalue weighted by molar-refractivity contribution is 0.0979. The van der Waals surface area contributed by atoms with Gasteiger partial charge in [-0.1, -0.05) is 41.4 Å². The molecule has 0 spiro atoms. The number of halogens is 2. The molecule has 0 saturated heterocycles. The first kappa shape index (κ1) is 12.4. The van der Waals surface area contributed by atoms with E-state index in [0.29, 0.717) is 16.1 Å². The lowest BCUT2D eigenvalue weighted by Gasteiger charge is -2.20. The zero-order valence-electron chi connectivity index (χ0n) is 9.96. The fourth-order valence-corrected chi connectivity index (χ4v) is 2.82. The number of rotatable bonds is 0. The highest BCUT2D eigenvalue weighted by Gasteiger charge is 2.33. The summed E-state index contributed by atoms with van der Waals surface area (Å²) in [7, 11) is 0. The molecule has 0 heterocycles. The molecule has 19 heavy (non-hydrogen) atoms. The van der Waals surface area contributed by atoms with Gasteiger partial charge in [-0.3, -0.25) is 9.59 Å². The Balaban J connectivity index is 2.40. The number of carbonyl (C=O) groups is 2. The van der Waals surface area contributed by atoms with Crippen LogP contribution < -0.4 is 0 Å². The van der Waals surface area contributed by atoms with Gasteiger partial charge in [0, 0.05) is 11.1 Å². The van der Waals surface area contributed by atoms with Gasteiger partial charge in [0.2, 0.25) is 0 Å². The molecule has 0 N–H and O–H groups in total. The van der Waals surface area contributed by atoms with Gasteiger partial charge in [0.15, 0.2) is 11.6 Å². The molecule has 94 valence electrons. The van der Waals surface area contributed by atoms with Crippen LogP contribution in [0.1, 0.15) is 37.4 Å². The van der Waals surface area contributed by atoms with Gasteiger partial charge >= 0.3 is 0 Å². The Labute approximate surface area is 120 Å². The summed E-state index contributed by atoms with van der Waals surface area (Å²) in [5, 5.41) is 0.598. The highest BCUT2D eigenvalue weighted by atomic mass is 35.5. The van der Waals surface area contributed by atoms with E-state index >= 15 is 0 Å². The van der Waals surface area contributed by atoms with E-state index in [2.05, 4.69) is 0 Å². The number of fused-ring (bicyclic) bond motifs is 2. The maximum Gasteiger partial charge on any atom is 0.197 e. The highest BCUT2D eigenvalue weighted by molar-refractivity contribution is 6.43. The number of benzene rings is 2. The van der Waals surface area contributed by atoms with E-state index in [1.54, 1.807) is 37.3 Å². The molecular weight excluding hydrogens is 283 g/mol. The van der Waals surface area contributed by atoms with E-state index in [1.807, 2.05) is 0 Å². The van der Waals surface area contributed by atoms with Crippen molar-refractivity contribution in [1.82, 2.24) is 0 Å². The summed E-state index contributed by atoms with van der Waals surface area (Å²) in [6.45, 7) is 1.79. The van der Waals surface area contributed by atoms with Crippen LogP contribution in [0.15, 0.2) is 30.3 Å². The number of carbonyl (C=O) groups excluding carboxylic acids is 2. The van der Waals surface area contributed by atoms with Crippen molar-refractivity contribution in [2.45, 2.75) is 6.92 Å². The first-order chi connectivity index (χ1) is 9.02. The zero-order valence-corrected chi connectivity index (χ0v) is 11.5. The predicted octanol–water partition coefficient (Wildman–Crippen LogP) is 4.08. The van der Waals surface area contributed by atoms with Crippen molar-refractivity contribution in [2.75, 3.05) is 0 Å². The summed E-state index contributed by atoms with van der Waals surface area (Å²) in [5.74, 6) is -0.502. The molecule has 2 aromatic carbocycles. The molecule has 1 aliphatic carbocycles. The van der Waals surface area contributed by atoms with Crippen molar-refractivity contribution < 1.29 is 9.59 Å². The molecule has 3 rings (SSSR count). The van der Waals surface area contributed by atoms with Gasteiger partial charge in [-0.05, 0) is 24.6 Å². The average Bonchev–Trinajstić information content (AvgIpc) is 2.39. The standard InChI is InChI=1S/C15H8Cl2O2/c1-7-5-6-9-12(13(7)17)15(19)11-8(14(9)18)3-2-4-10(11)16/h2-6H,1H3. The predicted molar refractivity (Wildman–Crippen MR) is 74.5 cm³/mol. The smallest absolute Gasteiger partial charge is 0.197 e. The van der Waals surface area contributed by atoms with Crippen molar-refractivity contribution in [3.8, 4) is 0 Å². The van der Waals surface area contributed by atoms with E-state index in [0.717, 1.165) is 5.56 Å². The zero-order chi connectivity index (χ0) is 13.7. The quantitative estimate of drug-likeness (QED) is 0.625. The Morgan fingerprint density at radius 1 is 0.842 bits per heavy atom. The largest absolute Gasteiger partial charge is 0.289 e. The summed E-state index contributed by atoms with van der Waals surface area (Å²) in [4.78, 5) is 24.9. The van der Waals surface area contributed by atoms with E-state index in [9.17, 15) is 9.59 Å². The minimum atomic E-state index is -0.288.